The molecule has 12 heteroatoms. The first-order chi connectivity index (χ1) is 56.3. The smallest absolute Gasteiger partial charge is 0.259 e. The number of carbonyl (C=O) groups excluding carboxylic acids is 4. The van der Waals surface area contributed by atoms with E-state index in [1.54, 1.807) is 34.1 Å². The van der Waals surface area contributed by atoms with Gasteiger partial charge in [-0.1, -0.05) is 266 Å². The van der Waals surface area contributed by atoms with Crippen molar-refractivity contribution in [2.75, 3.05) is 23.0 Å². The Morgan fingerprint density at radius 2 is 0.653 bits per heavy atom. The second-order valence-corrected chi connectivity index (χ2v) is 37.8. The summed E-state index contributed by atoms with van der Waals surface area (Å²) < 4.78 is 13.5. The third-order valence-electron chi connectivity index (χ3n) is 24.5. The number of hydrogen-bond donors (Lipinski definition) is 4. The van der Waals surface area contributed by atoms with Crippen LogP contribution in [0.25, 0.3) is 0 Å². The van der Waals surface area contributed by atoms with Crippen molar-refractivity contribution in [3.63, 3.8) is 0 Å². The predicted molar refractivity (Wildman–Crippen MR) is 480 cm³/mol. The number of phenolic OH excluding ortho intramolecular Hbond substituents is 2. The molecule has 2 unspecified atom stereocenters. The first-order valence-corrected chi connectivity index (χ1v) is 43.3. The van der Waals surface area contributed by atoms with Crippen molar-refractivity contribution in [2.24, 2.45) is 0 Å². The minimum absolute atomic E-state index is 0.0202. The second kappa shape index (κ2) is 36.7. The topological polar surface area (TPSA) is 158 Å². The van der Waals surface area contributed by atoms with E-state index in [0.29, 0.717) is 121 Å². The van der Waals surface area contributed by atoms with Gasteiger partial charge in [0.25, 0.3) is 11.8 Å². The first kappa shape index (κ1) is 85.2. The van der Waals surface area contributed by atoms with Gasteiger partial charge in [-0.15, -0.1) is 0 Å². The number of nitrogens with one attached hydrogen (secondary N) is 2. The number of fused-ring (bicyclic) bond motifs is 8. The summed E-state index contributed by atoms with van der Waals surface area (Å²) in [5.74, 6) is 0.890. The number of benzene rings is 10. The van der Waals surface area contributed by atoms with Crippen LogP contribution < -0.4 is 29.9 Å². The molecular weight excluding hydrogens is 1460 g/mol. The van der Waals surface area contributed by atoms with Crippen LogP contribution in [0, 0.1) is 13.8 Å². The van der Waals surface area contributed by atoms with Crippen LogP contribution in [0.3, 0.4) is 0 Å². The predicted octanol–water partition coefficient (Wildman–Crippen LogP) is 23.3. The molecule has 0 aliphatic heterocycles. The summed E-state index contributed by atoms with van der Waals surface area (Å²) in [6, 6.07) is 65.8. The molecule has 2 saturated carbocycles. The highest BCUT2D eigenvalue weighted by molar-refractivity contribution is 6.11. The molecule has 0 saturated heterocycles. The minimum atomic E-state index is -0.972. The van der Waals surface area contributed by atoms with E-state index in [2.05, 4.69) is 142 Å². The molecule has 0 radical (unpaired) electrons. The van der Waals surface area contributed by atoms with Gasteiger partial charge in [0.15, 0.2) is 0 Å². The van der Waals surface area contributed by atoms with Crippen molar-refractivity contribution >= 4 is 35.0 Å². The molecule has 3 aliphatic rings. The largest absolute Gasteiger partial charge is 0.507 e. The van der Waals surface area contributed by atoms with Crippen LogP contribution in [0.4, 0.5) is 11.4 Å². The number of phenols is 2. The maximum absolute atomic E-state index is 15.0. The standard InChI is InChI=1S/C106H124N4O8/c1-69-39-47-89(48-40-69)109(101(115)73-29-19-15-20-30-73)95(99(113)107-87-33-23-17-24-34-87)71-43-51-91(52-44-71)117-55-27-37-93-75-57-79-65-85(105(9,10)11)67-81(97(79)111)59-77-63-84(104(6,7)8)64-78(60-82-68-86(106(12,13)14)66-80(98(82)112)58-76(93)62-83(61-75)103(3,4)5)94(77)38-28-56-118-92-53-45-72(46-54-92)96(100(114)108-88-35-25-18-26-36-88)110(90-49-41-70(2)42-50-90)102(116)74-31-21-16-22-32-74/h15-16,19-22,29-32,39-54,61-68,87-88,95-96,111-112H,17-18,23-28,33-38,55-60H2,1-14H3,(H,107,113)(H,108,114). The molecule has 118 heavy (non-hydrogen) atoms. The fraction of sp³-hybridized carbons (Fsp3) is 0.396. The maximum Gasteiger partial charge on any atom is 0.259 e. The zero-order valence-electron chi connectivity index (χ0n) is 72.3. The quantitative estimate of drug-likeness (QED) is 0.0489. The van der Waals surface area contributed by atoms with Crippen LogP contribution in [0.1, 0.15) is 293 Å². The Kier molecular flexibility index (Phi) is 26.5. The Labute approximate surface area is 702 Å². The molecule has 8 bridgehead atoms. The van der Waals surface area contributed by atoms with Crippen molar-refractivity contribution in [3.8, 4) is 23.0 Å². The zero-order chi connectivity index (χ0) is 83.8. The number of hydrogen-bond acceptors (Lipinski definition) is 8. The average Bonchev–Trinajstić information content (AvgIpc) is 0.768. The van der Waals surface area contributed by atoms with Crippen LogP contribution >= 0.6 is 0 Å². The number of carbonyl (C=O) groups is 4. The van der Waals surface area contributed by atoms with Crippen molar-refractivity contribution in [1.82, 2.24) is 10.6 Å². The number of anilines is 2. The molecular formula is C106H124N4O8. The summed E-state index contributed by atoms with van der Waals surface area (Å²) in [7, 11) is 0. The summed E-state index contributed by atoms with van der Waals surface area (Å²) in [5.41, 5.74) is 19.4. The molecule has 3 aliphatic carbocycles. The average molecular weight is 1580 g/mol. The number of nitrogens with zero attached hydrogens (tertiary/aromatic N) is 2. The number of rotatable bonds is 22. The fourth-order valence-electron chi connectivity index (χ4n) is 17.4. The fourth-order valence-corrected chi connectivity index (χ4v) is 17.4. The van der Waals surface area contributed by atoms with Gasteiger partial charge in [0.2, 0.25) is 11.8 Å². The number of aromatic hydroxyl groups is 2. The van der Waals surface area contributed by atoms with Gasteiger partial charge in [-0.2, -0.15) is 0 Å². The van der Waals surface area contributed by atoms with Crippen LogP contribution in [0.15, 0.2) is 206 Å². The Morgan fingerprint density at radius 3 is 0.932 bits per heavy atom. The summed E-state index contributed by atoms with van der Waals surface area (Å²) in [5, 5.41) is 33.4. The highest BCUT2D eigenvalue weighted by Gasteiger charge is 2.38. The molecule has 2 fully saturated rings. The van der Waals surface area contributed by atoms with Crippen LogP contribution in [-0.4, -0.2) is 59.1 Å². The van der Waals surface area contributed by atoms with Crippen molar-refractivity contribution < 1.29 is 38.9 Å². The Hall–Kier alpha value is -10.7. The Morgan fingerprint density at radius 1 is 0.373 bits per heavy atom. The van der Waals surface area contributed by atoms with Crippen LogP contribution in [0.5, 0.6) is 23.0 Å². The van der Waals surface area contributed by atoms with Crippen molar-refractivity contribution in [3.05, 3.63) is 318 Å². The van der Waals surface area contributed by atoms with Gasteiger partial charge in [-0.25, -0.2) is 0 Å². The molecule has 12 nitrogen and oxygen atoms in total. The van der Waals surface area contributed by atoms with Gasteiger partial charge < -0.3 is 30.3 Å². The normalized spacial score (nSPS) is 14.8. The van der Waals surface area contributed by atoms with Crippen molar-refractivity contribution in [2.45, 2.75) is 258 Å². The number of ether oxygens (including phenoxy) is 2. The molecule has 0 aromatic heterocycles. The highest BCUT2D eigenvalue weighted by atomic mass is 16.5. The summed E-state index contributed by atoms with van der Waals surface area (Å²) in [6.45, 7) is 31.8. The van der Waals surface area contributed by atoms with Crippen LogP contribution in [0.2, 0.25) is 0 Å². The third-order valence-corrected chi connectivity index (χ3v) is 24.5. The third kappa shape index (κ3) is 20.7. The van der Waals surface area contributed by atoms with E-state index in [1.807, 2.05) is 147 Å². The van der Waals surface area contributed by atoms with E-state index >= 15 is 0 Å². The number of aryl methyl sites for hydroxylation is 2. The van der Waals surface area contributed by atoms with E-state index < -0.39 is 12.1 Å². The summed E-state index contributed by atoms with van der Waals surface area (Å²) in [6.07, 6.45) is 14.5. The van der Waals surface area contributed by atoms with Gasteiger partial charge in [0, 0.05) is 60.3 Å². The number of amides is 4. The van der Waals surface area contributed by atoms with Gasteiger partial charge in [0.1, 0.15) is 35.1 Å². The van der Waals surface area contributed by atoms with E-state index in [9.17, 15) is 29.4 Å². The van der Waals surface area contributed by atoms with E-state index in [-0.39, 0.29) is 57.4 Å². The molecule has 616 valence electrons. The van der Waals surface area contributed by atoms with Gasteiger partial charge in [0.05, 0.1) is 13.2 Å². The molecule has 4 N–H and O–H groups in total. The Balaban J connectivity index is 0.828. The molecule has 0 heterocycles. The Bertz CT molecular complexity index is 4740. The zero-order valence-corrected chi connectivity index (χ0v) is 72.3. The molecule has 10 aromatic rings. The SMILES string of the molecule is Cc1ccc(N(C(=O)c2ccccc2)C(C(=O)NC2CCCCC2)c2ccc(OCCCc3c4cc(C(C)(C)C)cc3Cc3cc(C(C)(C)C)cc(c3O)Cc3cc(C(C)(C)C)cc(c3CCCOc3ccc(C(C(=O)NC5CCCCC5)N(C(=O)c5ccccc5)c5ccc(C)cc5)cc3)Cc3cc(C(C)(C)C)cc(c3O)C4)cc2)cc1. The van der Waals surface area contributed by atoms with Crippen molar-refractivity contribution in [1.29, 1.82) is 0 Å². The molecule has 4 amide bonds. The van der Waals surface area contributed by atoms with Crippen LogP contribution in [-0.2, 0) is 69.8 Å². The van der Waals surface area contributed by atoms with E-state index in [0.717, 1.165) is 142 Å². The van der Waals surface area contributed by atoms with Gasteiger partial charge >= 0.3 is 0 Å². The van der Waals surface area contributed by atoms with E-state index in [4.69, 9.17) is 9.47 Å². The molecule has 0 spiro atoms. The lowest BCUT2D eigenvalue weighted by atomic mass is 9.77. The second-order valence-electron chi connectivity index (χ2n) is 37.8. The lowest BCUT2D eigenvalue weighted by molar-refractivity contribution is -0.124. The molecule has 13 rings (SSSR count). The first-order valence-electron chi connectivity index (χ1n) is 43.3. The highest BCUT2D eigenvalue weighted by Crippen LogP contribution is 2.44. The van der Waals surface area contributed by atoms with Gasteiger partial charge in [-0.05, 0) is 249 Å². The monoisotopic (exact) mass is 1580 g/mol. The maximum atomic E-state index is 15.0. The molecule has 10 aromatic carbocycles. The van der Waals surface area contributed by atoms with Gasteiger partial charge in [-0.3, -0.25) is 29.0 Å². The minimum Gasteiger partial charge on any atom is -0.507 e. The summed E-state index contributed by atoms with van der Waals surface area (Å²) >= 11 is 0. The van der Waals surface area contributed by atoms with E-state index in [1.165, 1.54) is 11.1 Å². The molecule has 2 atom stereocenters. The lowest BCUT2D eigenvalue weighted by Gasteiger charge is -2.33. The summed E-state index contributed by atoms with van der Waals surface area (Å²) in [4.78, 5) is 63.0. The lowest BCUT2D eigenvalue weighted by Crippen LogP contribution is -2.47.